The third kappa shape index (κ3) is 4.56. The van der Waals surface area contributed by atoms with Gasteiger partial charge in [-0.3, -0.25) is 9.59 Å². The van der Waals surface area contributed by atoms with Gasteiger partial charge in [-0.05, 0) is 31.7 Å². The minimum atomic E-state index is -0.899. The number of hydrogen-bond acceptors (Lipinski definition) is 3. The van der Waals surface area contributed by atoms with Crippen LogP contribution >= 0.6 is 0 Å². The van der Waals surface area contributed by atoms with Crippen LogP contribution in [0.15, 0.2) is 24.3 Å². The second-order valence-corrected chi connectivity index (χ2v) is 5.48. The van der Waals surface area contributed by atoms with Crippen LogP contribution in [0.4, 0.5) is 0 Å². The van der Waals surface area contributed by atoms with Gasteiger partial charge in [0.2, 0.25) is 5.91 Å². The molecule has 2 rings (SSSR count). The molecule has 0 bridgehead atoms. The van der Waals surface area contributed by atoms with Gasteiger partial charge in [-0.2, -0.15) is 0 Å². The van der Waals surface area contributed by atoms with E-state index < -0.39 is 18.0 Å². The van der Waals surface area contributed by atoms with Crippen LogP contribution < -0.4 is 5.32 Å². The minimum Gasteiger partial charge on any atom is -0.481 e. The van der Waals surface area contributed by atoms with Crippen molar-refractivity contribution in [2.75, 3.05) is 13.2 Å². The molecule has 0 aliphatic carbocycles. The summed E-state index contributed by atoms with van der Waals surface area (Å²) in [5, 5.41) is 12.0. The zero-order valence-electron chi connectivity index (χ0n) is 12.2. The van der Waals surface area contributed by atoms with Gasteiger partial charge in [0.15, 0.2) is 0 Å². The van der Waals surface area contributed by atoms with E-state index in [1.165, 1.54) is 0 Å². The van der Waals surface area contributed by atoms with Gasteiger partial charge >= 0.3 is 5.97 Å². The van der Waals surface area contributed by atoms with E-state index in [0.29, 0.717) is 19.4 Å². The Hall–Kier alpha value is -1.88. The number of benzene rings is 1. The molecule has 1 heterocycles. The van der Waals surface area contributed by atoms with Gasteiger partial charge in [0.25, 0.3) is 0 Å². The highest BCUT2D eigenvalue weighted by Gasteiger charge is 2.25. The summed E-state index contributed by atoms with van der Waals surface area (Å²) in [6, 6.07) is 7.76. The van der Waals surface area contributed by atoms with Crippen molar-refractivity contribution in [2.45, 2.75) is 32.3 Å². The molecule has 5 nitrogen and oxygen atoms in total. The van der Waals surface area contributed by atoms with Crippen molar-refractivity contribution in [1.82, 2.24) is 5.32 Å². The fourth-order valence-electron chi connectivity index (χ4n) is 2.49. The minimum absolute atomic E-state index is 0.127. The third-order valence-electron chi connectivity index (χ3n) is 3.66. The summed E-state index contributed by atoms with van der Waals surface area (Å²) in [6.07, 6.45) is 1.58. The number of aryl methyl sites for hydroxylation is 1. The highest BCUT2D eigenvalue weighted by atomic mass is 16.5. The maximum atomic E-state index is 11.8. The normalized spacial score (nSPS) is 19.2. The monoisotopic (exact) mass is 291 g/mol. The number of hydrogen-bond donors (Lipinski definition) is 2. The number of aliphatic carboxylic acids is 1. The average molecular weight is 291 g/mol. The first-order valence-corrected chi connectivity index (χ1v) is 7.24. The van der Waals surface area contributed by atoms with Crippen molar-refractivity contribution in [3.05, 3.63) is 35.4 Å². The smallest absolute Gasteiger partial charge is 0.308 e. The Bertz CT molecular complexity index is 509. The molecule has 1 aromatic carbocycles. The molecular weight excluding hydrogens is 270 g/mol. The van der Waals surface area contributed by atoms with Gasteiger partial charge in [-0.15, -0.1) is 0 Å². The Morgan fingerprint density at radius 3 is 2.90 bits per heavy atom. The van der Waals surface area contributed by atoms with Crippen LogP contribution in [-0.4, -0.2) is 36.2 Å². The lowest BCUT2D eigenvalue weighted by Crippen LogP contribution is -2.39. The maximum Gasteiger partial charge on any atom is 0.308 e. The van der Waals surface area contributed by atoms with E-state index in [4.69, 9.17) is 4.74 Å². The molecule has 0 spiro atoms. The van der Waals surface area contributed by atoms with Crippen LogP contribution in [0.2, 0.25) is 0 Å². The van der Waals surface area contributed by atoms with E-state index in [-0.39, 0.29) is 12.5 Å². The lowest BCUT2D eigenvalue weighted by Gasteiger charge is -2.16. The van der Waals surface area contributed by atoms with Gasteiger partial charge in [0, 0.05) is 13.2 Å². The van der Waals surface area contributed by atoms with Crippen LogP contribution in [-0.2, 0) is 20.7 Å². The van der Waals surface area contributed by atoms with E-state index in [1.54, 1.807) is 0 Å². The second-order valence-electron chi connectivity index (χ2n) is 5.48. The number of ether oxygens (including phenoxy) is 1. The topological polar surface area (TPSA) is 75.6 Å². The molecule has 1 aromatic rings. The molecule has 1 aliphatic rings. The summed E-state index contributed by atoms with van der Waals surface area (Å²) in [4.78, 5) is 23.2. The van der Waals surface area contributed by atoms with Crippen LogP contribution in [0.1, 0.15) is 24.0 Å². The molecule has 2 N–H and O–H groups in total. The standard InChI is InChI=1S/C16H21NO4/c1-11-4-2-5-12(8-11)9-13(16(19)20)10-17-15(18)14-6-3-7-21-14/h2,4-5,8,13-14H,3,6-7,9-10H2,1H3,(H,17,18)(H,19,20)/t13?,14-/m0/s1. The molecule has 1 aliphatic heterocycles. The van der Waals surface area contributed by atoms with Gasteiger partial charge in [-0.25, -0.2) is 0 Å². The Kier molecular flexibility index (Phi) is 5.33. The number of nitrogens with one attached hydrogen (secondary N) is 1. The molecule has 5 heteroatoms. The van der Waals surface area contributed by atoms with Crippen molar-refractivity contribution in [2.24, 2.45) is 5.92 Å². The molecule has 0 radical (unpaired) electrons. The highest BCUT2D eigenvalue weighted by Crippen LogP contribution is 2.13. The molecule has 2 atom stereocenters. The third-order valence-corrected chi connectivity index (χ3v) is 3.66. The van der Waals surface area contributed by atoms with Gasteiger partial charge in [0.1, 0.15) is 6.10 Å². The zero-order valence-corrected chi connectivity index (χ0v) is 12.2. The van der Waals surface area contributed by atoms with E-state index in [2.05, 4.69) is 5.32 Å². The molecular formula is C16H21NO4. The quantitative estimate of drug-likeness (QED) is 0.833. The van der Waals surface area contributed by atoms with E-state index in [0.717, 1.165) is 17.5 Å². The Morgan fingerprint density at radius 2 is 2.29 bits per heavy atom. The summed E-state index contributed by atoms with van der Waals surface area (Å²) < 4.78 is 5.28. The van der Waals surface area contributed by atoms with Crippen molar-refractivity contribution < 1.29 is 19.4 Å². The Balaban J connectivity index is 1.90. The Labute approximate surface area is 124 Å². The molecule has 1 fully saturated rings. The first kappa shape index (κ1) is 15.5. The lowest BCUT2D eigenvalue weighted by atomic mass is 9.98. The van der Waals surface area contributed by atoms with Crippen molar-refractivity contribution >= 4 is 11.9 Å². The van der Waals surface area contributed by atoms with Crippen LogP contribution in [0, 0.1) is 12.8 Å². The summed E-state index contributed by atoms with van der Waals surface area (Å²) in [6.45, 7) is 2.70. The molecule has 0 aromatic heterocycles. The van der Waals surface area contributed by atoms with Crippen LogP contribution in [0.3, 0.4) is 0 Å². The second kappa shape index (κ2) is 7.22. The largest absolute Gasteiger partial charge is 0.481 e. The summed E-state index contributed by atoms with van der Waals surface area (Å²) >= 11 is 0. The zero-order chi connectivity index (χ0) is 15.2. The van der Waals surface area contributed by atoms with Gasteiger partial charge < -0.3 is 15.2 Å². The van der Waals surface area contributed by atoms with E-state index in [9.17, 15) is 14.7 Å². The van der Waals surface area contributed by atoms with Crippen molar-refractivity contribution in [3.63, 3.8) is 0 Å². The summed E-state index contributed by atoms with van der Waals surface area (Å²) in [7, 11) is 0. The first-order chi connectivity index (χ1) is 10.1. The molecule has 1 amide bonds. The van der Waals surface area contributed by atoms with Crippen LogP contribution in [0.25, 0.3) is 0 Å². The predicted octanol–water partition coefficient (Wildman–Crippen LogP) is 1.53. The Morgan fingerprint density at radius 1 is 1.48 bits per heavy atom. The maximum absolute atomic E-state index is 11.8. The van der Waals surface area contributed by atoms with Gasteiger partial charge in [-0.1, -0.05) is 29.8 Å². The van der Waals surface area contributed by atoms with Crippen molar-refractivity contribution in [1.29, 1.82) is 0 Å². The number of carboxylic acid groups (broad SMARTS) is 1. The summed E-state index contributed by atoms with van der Waals surface area (Å²) in [5.41, 5.74) is 2.06. The van der Waals surface area contributed by atoms with E-state index >= 15 is 0 Å². The SMILES string of the molecule is Cc1cccc(CC(CNC(=O)[C@@H]2CCCO2)C(=O)O)c1. The number of rotatable bonds is 6. The molecule has 114 valence electrons. The van der Waals surface area contributed by atoms with E-state index in [1.807, 2.05) is 31.2 Å². The van der Waals surface area contributed by atoms with Crippen LogP contribution in [0.5, 0.6) is 0 Å². The molecule has 0 saturated carbocycles. The number of amides is 1. The molecule has 1 saturated heterocycles. The average Bonchev–Trinajstić information content (AvgIpc) is 2.97. The molecule has 1 unspecified atom stereocenters. The number of carbonyl (C=O) groups is 2. The predicted molar refractivity (Wildman–Crippen MR) is 78.0 cm³/mol. The fraction of sp³-hybridized carbons (Fsp3) is 0.500. The molecule has 21 heavy (non-hydrogen) atoms. The van der Waals surface area contributed by atoms with Crippen molar-refractivity contribution in [3.8, 4) is 0 Å². The fourth-order valence-corrected chi connectivity index (χ4v) is 2.49. The number of carbonyl (C=O) groups excluding carboxylic acids is 1. The van der Waals surface area contributed by atoms with Gasteiger partial charge in [0.05, 0.1) is 5.92 Å². The lowest BCUT2D eigenvalue weighted by molar-refractivity contribution is -0.141. The first-order valence-electron chi connectivity index (χ1n) is 7.24. The highest BCUT2D eigenvalue weighted by molar-refractivity contribution is 5.81. The summed E-state index contributed by atoms with van der Waals surface area (Å²) in [5.74, 6) is -1.73. The number of carboxylic acids is 1.